The van der Waals surface area contributed by atoms with Gasteiger partial charge < -0.3 is 10.6 Å². The highest BCUT2D eigenvalue weighted by atomic mass is 16.2. The van der Waals surface area contributed by atoms with Gasteiger partial charge in [-0.3, -0.25) is 9.59 Å². The van der Waals surface area contributed by atoms with E-state index in [4.69, 9.17) is 0 Å². The van der Waals surface area contributed by atoms with E-state index >= 15 is 0 Å². The first-order valence-corrected chi connectivity index (χ1v) is 7.69. The van der Waals surface area contributed by atoms with Gasteiger partial charge >= 0.3 is 0 Å². The molecule has 4 heteroatoms. The molecular weight excluding hydrogens is 264 g/mol. The molecule has 1 atom stereocenters. The van der Waals surface area contributed by atoms with E-state index in [2.05, 4.69) is 22.8 Å². The average molecular weight is 288 g/mol. The van der Waals surface area contributed by atoms with Gasteiger partial charge in [0.05, 0.1) is 0 Å². The Balaban J connectivity index is 1.59. The van der Waals surface area contributed by atoms with E-state index in [0.29, 0.717) is 25.8 Å². The zero-order valence-electron chi connectivity index (χ0n) is 12.7. The van der Waals surface area contributed by atoms with Gasteiger partial charge in [0.2, 0.25) is 11.8 Å². The second kappa shape index (κ2) is 7.25. The van der Waals surface area contributed by atoms with Crippen LogP contribution >= 0.6 is 0 Å². The van der Waals surface area contributed by atoms with Gasteiger partial charge in [0.25, 0.3) is 0 Å². The Morgan fingerprint density at radius 1 is 1.33 bits per heavy atom. The van der Waals surface area contributed by atoms with E-state index in [0.717, 1.165) is 19.3 Å². The van der Waals surface area contributed by atoms with Crippen molar-refractivity contribution in [1.82, 2.24) is 10.6 Å². The third-order valence-corrected chi connectivity index (χ3v) is 4.06. The van der Waals surface area contributed by atoms with Gasteiger partial charge in [0.15, 0.2) is 0 Å². The molecule has 4 nitrogen and oxygen atoms in total. The summed E-state index contributed by atoms with van der Waals surface area (Å²) in [5, 5.41) is 5.91. The van der Waals surface area contributed by atoms with Crippen molar-refractivity contribution in [3.05, 3.63) is 35.9 Å². The van der Waals surface area contributed by atoms with E-state index in [-0.39, 0.29) is 17.4 Å². The number of rotatable bonds is 7. The summed E-state index contributed by atoms with van der Waals surface area (Å²) in [6, 6.07) is 10.3. The predicted molar refractivity (Wildman–Crippen MR) is 82.8 cm³/mol. The first-order chi connectivity index (χ1) is 10.1. The van der Waals surface area contributed by atoms with Crippen molar-refractivity contribution < 1.29 is 9.59 Å². The minimum Gasteiger partial charge on any atom is -0.356 e. The lowest BCUT2D eigenvalue weighted by atomic mass is 9.94. The number of hydrogen-bond donors (Lipinski definition) is 2. The van der Waals surface area contributed by atoms with E-state index in [1.807, 2.05) is 25.1 Å². The third kappa shape index (κ3) is 5.21. The molecule has 114 valence electrons. The number of carbonyl (C=O) groups is 2. The lowest BCUT2D eigenvalue weighted by Gasteiger charge is -2.23. The van der Waals surface area contributed by atoms with Crippen LogP contribution in [0.3, 0.4) is 0 Å². The SMILES string of the molecule is CC1(CCC(=O)NCCCc2ccccc2)CCC(=O)N1. The van der Waals surface area contributed by atoms with E-state index < -0.39 is 0 Å². The Labute approximate surface area is 126 Å². The van der Waals surface area contributed by atoms with Crippen LogP contribution < -0.4 is 10.6 Å². The van der Waals surface area contributed by atoms with E-state index in [1.54, 1.807) is 0 Å². The summed E-state index contributed by atoms with van der Waals surface area (Å²) >= 11 is 0. The van der Waals surface area contributed by atoms with Crippen LogP contribution in [-0.2, 0) is 16.0 Å². The summed E-state index contributed by atoms with van der Waals surface area (Å²) in [6.45, 7) is 2.72. The number of nitrogens with one attached hydrogen (secondary N) is 2. The zero-order valence-corrected chi connectivity index (χ0v) is 12.7. The molecule has 2 amide bonds. The van der Waals surface area contributed by atoms with Gasteiger partial charge in [-0.15, -0.1) is 0 Å². The second-order valence-electron chi connectivity index (χ2n) is 6.05. The van der Waals surface area contributed by atoms with Crippen LogP contribution in [0.15, 0.2) is 30.3 Å². The van der Waals surface area contributed by atoms with Gasteiger partial charge in [0, 0.05) is 24.9 Å². The number of amides is 2. The molecule has 0 spiro atoms. The molecule has 1 saturated heterocycles. The largest absolute Gasteiger partial charge is 0.356 e. The fourth-order valence-electron chi connectivity index (χ4n) is 2.68. The van der Waals surface area contributed by atoms with Crippen molar-refractivity contribution in [2.75, 3.05) is 6.54 Å². The fraction of sp³-hybridized carbons (Fsp3) is 0.529. The molecule has 2 rings (SSSR count). The molecule has 21 heavy (non-hydrogen) atoms. The van der Waals surface area contributed by atoms with Gasteiger partial charge in [-0.25, -0.2) is 0 Å². The summed E-state index contributed by atoms with van der Waals surface area (Å²) in [5.41, 5.74) is 1.10. The van der Waals surface area contributed by atoms with Crippen molar-refractivity contribution in [2.24, 2.45) is 0 Å². The molecule has 0 bridgehead atoms. The Bertz CT molecular complexity index is 487. The van der Waals surface area contributed by atoms with Crippen LogP contribution in [0.4, 0.5) is 0 Å². The molecule has 1 heterocycles. The monoisotopic (exact) mass is 288 g/mol. The first-order valence-electron chi connectivity index (χ1n) is 7.69. The van der Waals surface area contributed by atoms with Gasteiger partial charge in [-0.2, -0.15) is 0 Å². The zero-order chi connectivity index (χ0) is 15.1. The molecule has 1 aromatic rings. The molecular formula is C17H24N2O2. The van der Waals surface area contributed by atoms with Gasteiger partial charge in [-0.1, -0.05) is 30.3 Å². The molecule has 0 radical (unpaired) electrons. The topological polar surface area (TPSA) is 58.2 Å². The van der Waals surface area contributed by atoms with Gasteiger partial charge in [0.1, 0.15) is 0 Å². The second-order valence-corrected chi connectivity index (χ2v) is 6.05. The number of carbonyl (C=O) groups excluding carboxylic acids is 2. The van der Waals surface area contributed by atoms with Crippen LogP contribution in [0, 0.1) is 0 Å². The maximum absolute atomic E-state index is 11.8. The summed E-state index contributed by atoms with van der Waals surface area (Å²) in [7, 11) is 0. The maximum atomic E-state index is 11.8. The summed E-state index contributed by atoms with van der Waals surface area (Å²) in [6.07, 6.45) is 4.52. The highest BCUT2D eigenvalue weighted by Crippen LogP contribution is 2.24. The number of benzene rings is 1. The molecule has 1 unspecified atom stereocenters. The Morgan fingerprint density at radius 2 is 2.10 bits per heavy atom. The van der Waals surface area contributed by atoms with Crippen molar-refractivity contribution in [1.29, 1.82) is 0 Å². The smallest absolute Gasteiger partial charge is 0.220 e. The average Bonchev–Trinajstić information content (AvgIpc) is 2.83. The lowest BCUT2D eigenvalue weighted by molar-refractivity contribution is -0.122. The van der Waals surface area contributed by atoms with Crippen molar-refractivity contribution in [3.63, 3.8) is 0 Å². The number of hydrogen-bond acceptors (Lipinski definition) is 2. The van der Waals surface area contributed by atoms with Crippen molar-refractivity contribution >= 4 is 11.8 Å². The van der Waals surface area contributed by atoms with Crippen LogP contribution in [-0.4, -0.2) is 23.9 Å². The molecule has 1 aliphatic rings. The van der Waals surface area contributed by atoms with Crippen LogP contribution in [0.5, 0.6) is 0 Å². The molecule has 1 aliphatic heterocycles. The molecule has 1 fully saturated rings. The molecule has 2 N–H and O–H groups in total. The molecule has 0 aromatic heterocycles. The van der Waals surface area contributed by atoms with Crippen molar-refractivity contribution in [3.8, 4) is 0 Å². The van der Waals surface area contributed by atoms with Crippen molar-refractivity contribution in [2.45, 2.75) is 51.0 Å². The first kappa shape index (κ1) is 15.5. The third-order valence-electron chi connectivity index (χ3n) is 4.06. The minimum absolute atomic E-state index is 0.0745. The molecule has 1 aromatic carbocycles. The van der Waals surface area contributed by atoms with E-state index in [1.165, 1.54) is 5.56 Å². The fourth-order valence-corrected chi connectivity index (χ4v) is 2.68. The Morgan fingerprint density at radius 3 is 2.76 bits per heavy atom. The summed E-state index contributed by atoms with van der Waals surface area (Å²) < 4.78 is 0. The quantitative estimate of drug-likeness (QED) is 0.756. The normalized spacial score (nSPS) is 21.1. The summed E-state index contributed by atoms with van der Waals surface area (Å²) in [5.74, 6) is 0.172. The molecule has 0 saturated carbocycles. The minimum atomic E-state index is -0.196. The number of aryl methyl sites for hydroxylation is 1. The van der Waals surface area contributed by atoms with E-state index in [9.17, 15) is 9.59 Å². The highest BCUT2D eigenvalue weighted by molar-refractivity contribution is 5.80. The predicted octanol–water partition coefficient (Wildman–Crippen LogP) is 2.18. The molecule has 0 aliphatic carbocycles. The lowest BCUT2D eigenvalue weighted by Crippen LogP contribution is -2.39. The Hall–Kier alpha value is -1.84. The standard InChI is InChI=1S/C17H24N2O2/c1-17(12-10-16(21)19-17)11-9-15(20)18-13-5-8-14-6-3-2-4-7-14/h2-4,6-7H,5,8-13H2,1H3,(H,18,20)(H,19,21). The van der Waals surface area contributed by atoms with Crippen LogP contribution in [0.25, 0.3) is 0 Å². The van der Waals surface area contributed by atoms with Crippen LogP contribution in [0.1, 0.15) is 44.6 Å². The Kier molecular flexibility index (Phi) is 5.37. The maximum Gasteiger partial charge on any atom is 0.220 e. The summed E-state index contributed by atoms with van der Waals surface area (Å²) in [4.78, 5) is 23.0. The van der Waals surface area contributed by atoms with Crippen LogP contribution in [0.2, 0.25) is 0 Å². The highest BCUT2D eigenvalue weighted by Gasteiger charge is 2.32. The van der Waals surface area contributed by atoms with Gasteiger partial charge in [-0.05, 0) is 38.2 Å².